The van der Waals surface area contributed by atoms with E-state index in [1.807, 2.05) is 0 Å². The second kappa shape index (κ2) is 6.35. The number of nitrogen functional groups attached to an aromatic ring is 1. The van der Waals surface area contributed by atoms with Gasteiger partial charge in [-0.2, -0.15) is 5.10 Å². The van der Waals surface area contributed by atoms with E-state index in [9.17, 15) is 4.39 Å². The van der Waals surface area contributed by atoms with Crippen molar-refractivity contribution in [2.45, 2.75) is 6.54 Å². The average Bonchev–Trinajstić information content (AvgIpc) is 2.56. The smallest absolute Gasteiger partial charge is 0.123 e. The Hall–Kier alpha value is -1.26. The third kappa shape index (κ3) is 3.72. The molecule has 3 nitrogen and oxygen atoms in total. The Kier molecular flexibility index (Phi) is 5.85. The predicted octanol–water partition coefficient (Wildman–Crippen LogP) is 2.50. The predicted molar refractivity (Wildman–Crippen MR) is 66.6 cm³/mol. The average molecular weight is 264 g/mol. The van der Waals surface area contributed by atoms with Crippen molar-refractivity contribution in [1.82, 2.24) is 9.78 Å². The maximum Gasteiger partial charge on any atom is 0.123 e. The van der Waals surface area contributed by atoms with Crippen molar-refractivity contribution in [1.29, 1.82) is 0 Å². The topological polar surface area (TPSA) is 43.8 Å². The van der Waals surface area contributed by atoms with Crippen molar-refractivity contribution in [2.24, 2.45) is 0 Å². The summed E-state index contributed by atoms with van der Waals surface area (Å²) >= 11 is 0. The van der Waals surface area contributed by atoms with E-state index in [-0.39, 0.29) is 30.6 Å². The molecule has 2 aromatic rings. The van der Waals surface area contributed by atoms with Crippen LogP contribution in [0, 0.1) is 5.82 Å². The molecule has 2 rings (SSSR count). The number of aromatic nitrogens is 2. The van der Waals surface area contributed by atoms with Crippen molar-refractivity contribution in [3.63, 3.8) is 0 Å². The zero-order valence-electron chi connectivity index (χ0n) is 8.34. The largest absolute Gasteiger partial charge is 0.396 e. The first-order valence-corrected chi connectivity index (χ1v) is 4.26. The molecule has 88 valence electrons. The molecule has 0 aliphatic rings. The fourth-order valence-electron chi connectivity index (χ4n) is 1.24. The summed E-state index contributed by atoms with van der Waals surface area (Å²) in [6.07, 6.45) is 3.33. The van der Waals surface area contributed by atoms with Crippen LogP contribution in [0.1, 0.15) is 5.56 Å². The third-order valence-electron chi connectivity index (χ3n) is 1.91. The summed E-state index contributed by atoms with van der Waals surface area (Å²) in [6, 6.07) is 6.32. The van der Waals surface area contributed by atoms with Gasteiger partial charge in [0, 0.05) is 6.20 Å². The SMILES string of the molecule is Cl.Cl.Nc1cnn(Cc2ccc(F)cc2)c1. The van der Waals surface area contributed by atoms with E-state index in [0.717, 1.165) is 5.56 Å². The Bertz CT molecular complexity index is 428. The molecule has 0 aliphatic carbocycles. The highest BCUT2D eigenvalue weighted by Crippen LogP contribution is 2.06. The number of anilines is 1. The second-order valence-corrected chi connectivity index (χ2v) is 3.10. The highest BCUT2D eigenvalue weighted by Gasteiger charge is 1.97. The molecule has 16 heavy (non-hydrogen) atoms. The van der Waals surface area contributed by atoms with Crippen molar-refractivity contribution >= 4 is 30.5 Å². The number of hydrogen-bond acceptors (Lipinski definition) is 2. The molecular weight excluding hydrogens is 252 g/mol. The van der Waals surface area contributed by atoms with Crippen LogP contribution in [-0.4, -0.2) is 9.78 Å². The third-order valence-corrected chi connectivity index (χ3v) is 1.91. The monoisotopic (exact) mass is 263 g/mol. The lowest BCUT2D eigenvalue weighted by Gasteiger charge is -2.00. The normalized spacial score (nSPS) is 9.06. The summed E-state index contributed by atoms with van der Waals surface area (Å²) < 4.78 is 14.3. The fourth-order valence-corrected chi connectivity index (χ4v) is 1.24. The zero-order chi connectivity index (χ0) is 9.97. The van der Waals surface area contributed by atoms with Crippen LogP contribution in [0.15, 0.2) is 36.7 Å². The van der Waals surface area contributed by atoms with E-state index >= 15 is 0 Å². The first-order valence-electron chi connectivity index (χ1n) is 4.26. The van der Waals surface area contributed by atoms with Crippen LogP contribution in [0.25, 0.3) is 0 Å². The highest BCUT2D eigenvalue weighted by atomic mass is 35.5. The molecule has 1 aromatic carbocycles. The number of nitrogens with two attached hydrogens (primary N) is 1. The van der Waals surface area contributed by atoms with Gasteiger partial charge in [0.2, 0.25) is 0 Å². The minimum atomic E-state index is -0.228. The van der Waals surface area contributed by atoms with Gasteiger partial charge in [-0.3, -0.25) is 4.68 Å². The van der Waals surface area contributed by atoms with Gasteiger partial charge in [-0.15, -0.1) is 24.8 Å². The van der Waals surface area contributed by atoms with Gasteiger partial charge < -0.3 is 5.73 Å². The minimum absolute atomic E-state index is 0. The van der Waals surface area contributed by atoms with Crippen molar-refractivity contribution in [3.8, 4) is 0 Å². The van der Waals surface area contributed by atoms with Crippen molar-refractivity contribution < 1.29 is 4.39 Å². The van der Waals surface area contributed by atoms with Gasteiger partial charge in [0.1, 0.15) is 5.82 Å². The Morgan fingerprint density at radius 3 is 2.31 bits per heavy atom. The summed E-state index contributed by atoms with van der Waals surface area (Å²) in [5, 5.41) is 4.03. The molecule has 0 radical (unpaired) electrons. The van der Waals surface area contributed by atoms with Gasteiger partial charge in [-0.1, -0.05) is 12.1 Å². The molecule has 0 atom stereocenters. The van der Waals surface area contributed by atoms with E-state index in [0.29, 0.717) is 12.2 Å². The lowest BCUT2D eigenvalue weighted by Crippen LogP contribution is -1.99. The molecule has 0 aliphatic heterocycles. The van der Waals surface area contributed by atoms with Crippen LogP contribution in [0.2, 0.25) is 0 Å². The van der Waals surface area contributed by atoms with Gasteiger partial charge in [0.25, 0.3) is 0 Å². The highest BCUT2D eigenvalue weighted by molar-refractivity contribution is 5.85. The van der Waals surface area contributed by atoms with Crippen LogP contribution >= 0.6 is 24.8 Å². The lowest BCUT2D eigenvalue weighted by molar-refractivity contribution is 0.624. The molecule has 6 heteroatoms. The summed E-state index contributed by atoms with van der Waals surface area (Å²) in [4.78, 5) is 0. The van der Waals surface area contributed by atoms with Crippen LogP contribution in [-0.2, 0) is 6.54 Å². The number of hydrogen-bond donors (Lipinski definition) is 1. The Morgan fingerprint density at radius 2 is 1.81 bits per heavy atom. The van der Waals surface area contributed by atoms with Gasteiger partial charge in [0.05, 0.1) is 18.4 Å². The van der Waals surface area contributed by atoms with Crippen molar-refractivity contribution in [3.05, 3.63) is 48.0 Å². The minimum Gasteiger partial charge on any atom is -0.396 e. The quantitative estimate of drug-likeness (QED) is 0.905. The molecule has 2 N–H and O–H groups in total. The number of benzene rings is 1. The summed E-state index contributed by atoms with van der Waals surface area (Å²) in [5.41, 5.74) is 7.14. The van der Waals surface area contributed by atoms with Crippen LogP contribution in [0.4, 0.5) is 10.1 Å². The molecule has 0 spiro atoms. The maximum atomic E-state index is 12.6. The zero-order valence-corrected chi connectivity index (χ0v) is 9.97. The van der Waals surface area contributed by atoms with E-state index in [1.54, 1.807) is 29.2 Å². The van der Waals surface area contributed by atoms with E-state index < -0.39 is 0 Å². The summed E-state index contributed by atoms with van der Waals surface area (Å²) in [5.74, 6) is -0.228. The molecule has 0 fully saturated rings. The van der Waals surface area contributed by atoms with Gasteiger partial charge in [-0.05, 0) is 17.7 Å². The molecule has 0 saturated heterocycles. The fraction of sp³-hybridized carbons (Fsp3) is 0.100. The number of rotatable bonds is 2. The van der Waals surface area contributed by atoms with E-state index in [4.69, 9.17) is 5.73 Å². The summed E-state index contributed by atoms with van der Waals surface area (Å²) in [7, 11) is 0. The van der Waals surface area contributed by atoms with Gasteiger partial charge in [-0.25, -0.2) is 4.39 Å². The van der Waals surface area contributed by atoms with Crippen LogP contribution < -0.4 is 5.73 Å². The van der Waals surface area contributed by atoms with Crippen LogP contribution in [0.3, 0.4) is 0 Å². The molecule has 0 saturated carbocycles. The second-order valence-electron chi connectivity index (χ2n) is 3.10. The standard InChI is InChI=1S/C10H10FN3.2ClH/c11-9-3-1-8(2-4-9)6-14-7-10(12)5-13-14;;/h1-5,7H,6,12H2;2*1H. The Morgan fingerprint density at radius 1 is 1.19 bits per heavy atom. The number of halogens is 3. The molecular formula is C10H12Cl2FN3. The molecule has 0 unspecified atom stereocenters. The molecule has 0 bridgehead atoms. The molecule has 0 amide bonds. The first kappa shape index (κ1) is 14.7. The molecule has 1 aromatic heterocycles. The summed E-state index contributed by atoms with van der Waals surface area (Å²) in [6.45, 7) is 0.609. The first-order chi connectivity index (χ1) is 6.74. The molecule has 1 heterocycles. The van der Waals surface area contributed by atoms with Gasteiger partial charge >= 0.3 is 0 Å². The van der Waals surface area contributed by atoms with E-state index in [1.165, 1.54) is 12.1 Å². The number of nitrogens with zero attached hydrogens (tertiary/aromatic N) is 2. The maximum absolute atomic E-state index is 12.6. The van der Waals surface area contributed by atoms with E-state index in [2.05, 4.69) is 5.10 Å². The van der Waals surface area contributed by atoms with Crippen molar-refractivity contribution in [2.75, 3.05) is 5.73 Å². The van der Waals surface area contributed by atoms with Gasteiger partial charge in [0.15, 0.2) is 0 Å². The lowest BCUT2D eigenvalue weighted by atomic mass is 10.2. The van der Waals surface area contributed by atoms with Crippen LogP contribution in [0.5, 0.6) is 0 Å². The Balaban J connectivity index is 0.00000112. The Labute approximate surface area is 105 Å².